The number of benzene rings is 1. The van der Waals surface area contributed by atoms with E-state index in [2.05, 4.69) is 11.9 Å². The number of likely N-dealkylation sites (N-methyl/N-ethyl adjacent to an activating group) is 1. The molecule has 70 valence electrons. The number of nitrogens with zero attached hydrogens (tertiary/aromatic N) is 1. The van der Waals surface area contributed by atoms with Gasteiger partial charge in [-0.3, -0.25) is 4.90 Å². The number of hydrogen-bond donors (Lipinski definition) is 0. The number of hydrogen-bond acceptors (Lipinski definition) is 2. The SMILES string of the molecule is CN1CCO[C@@H]1c1cccc(Cl)c1. The molecule has 1 aromatic rings. The molecule has 1 heterocycles. The summed E-state index contributed by atoms with van der Waals surface area (Å²) < 4.78 is 5.57. The first-order chi connectivity index (χ1) is 6.27. The molecule has 0 saturated carbocycles. The Kier molecular flexibility index (Phi) is 2.54. The molecule has 1 aliphatic rings. The van der Waals surface area contributed by atoms with Crippen molar-refractivity contribution in [2.45, 2.75) is 6.23 Å². The maximum atomic E-state index is 5.90. The Hall–Kier alpha value is -0.570. The highest BCUT2D eigenvalue weighted by Gasteiger charge is 2.22. The number of rotatable bonds is 1. The molecule has 1 atom stereocenters. The van der Waals surface area contributed by atoms with Gasteiger partial charge in [-0.1, -0.05) is 23.7 Å². The molecular weight excluding hydrogens is 186 g/mol. The van der Waals surface area contributed by atoms with Crippen molar-refractivity contribution in [1.82, 2.24) is 4.90 Å². The Bertz CT molecular complexity index is 303. The Morgan fingerprint density at radius 1 is 1.54 bits per heavy atom. The van der Waals surface area contributed by atoms with E-state index in [1.165, 1.54) is 0 Å². The Morgan fingerprint density at radius 3 is 3.00 bits per heavy atom. The number of halogens is 1. The van der Waals surface area contributed by atoms with Gasteiger partial charge in [0, 0.05) is 11.6 Å². The molecular formula is C10H12ClNO. The zero-order chi connectivity index (χ0) is 9.26. The minimum Gasteiger partial charge on any atom is -0.358 e. The average Bonchev–Trinajstić information content (AvgIpc) is 2.51. The van der Waals surface area contributed by atoms with Crippen LogP contribution in [-0.4, -0.2) is 25.1 Å². The van der Waals surface area contributed by atoms with Crippen LogP contribution in [0.1, 0.15) is 11.8 Å². The lowest BCUT2D eigenvalue weighted by molar-refractivity contribution is 0.0454. The molecule has 0 unspecified atom stereocenters. The van der Waals surface area contributed by atoms with Crippen LogP contribution in [0.3, 0.4) is 0 Å². The van der Waals surface area contributed by atoms with Crippen LogP contribution in [-0.2, 0) is 4.74 Å². The smallest absolute Gasteiger partial charge is 0.136 e. The van der Waals surface area contributed by atoms with Crippen LogP contribution in [0.15, 0.2) is 24.3 Å². The fraction of sp³-hybridized carbons (Fsp3) is 0.400. The second-order valence-electron chi connectivity index (χ2n) is 3.26. The van der Waals surface area contributed by atoms with Gasteiger partial charge in [0.25, 0.3) is 0 Å². The first kappa shape index (κ1) is 9.00. The van der Waals surface area contributed by atoms with E-state index in [0.717, 1.165) is 23.7 Å². The molecule has 1 aromatic carbocycles. The van der Waals surface area contributed by atoms with Crippen LogP contribution < -0.4 is 0 Å². The van der Waals surface area contributed by atoms with Crippen LogP contribution in [0.5, 0.6) is 0 Å². The van der Waals surface area contributed by atoms with Gasteiger partial charge >= 0.3 is 0 Å². The molecule has 1 fully saturated rings. The third-order valence-corrected chi connectivity index (χ3v) is 2.49. The van der Waals surface area contributed by atoms with Crippen LogP contribution in [0.4, 0.5) is 0 Å². The van der Waals surface area contributed by atoms with E-state index in [-0.39, 0.29) is 6.23 Å². The van der Waals surface area contributed by atoms with Gasteiger partial charge in [-0.2, -0.15) is 0 Å². The summed E-state index contributed by atoms with van der Waals surface area (Å²) >= 11 is 5.90. The van der Waals surface area contributed by atoms with Crippen molar-refractivity contribution >= 4 is 11.6 Å². The third kappa shape index (κ3) is 1.85. The lowest BCUT2D eigenvalue weighted by Crippen LogP contribution is -2.18. The highest BCUT2D eigenvalue weighted by Crippen LogP contribution is 2.26. The quantitative estimate of drug-likeness (QED) is 0.685. The first-order valence-electron chi connectivity index (χ1n) is 4.35. The molecule has 13 heavy (non-hydrogen) atoms. The molecule has 0 radical (unpaired) electrons. The van der Waals surface area contributed by atoms with Crippen molar-refractivity contribution < 1.29 is 4.74 Å². The van der Waals surface area contributed by atoms with Crippen LogP contribution in [0.25, 0.3) is 0 Å². The van der Waals surface area contributed by atoms with E-state index >= 15 is 0 Å². The summed E-state index contributed by atoms with van der Waals surface area (Å²) in [5, 5.41) is 0.765. The van der Waals surface area contributed by atoms with E-state index in [1.54, 1.807) is 0 Å². The first-order valence-corrected chi connectivity index (χ1v) is 4.72. The van der Waals surface area contributed by atoms with Gasteiger partial charge in [-0.05, 0) is 24.7 Å². The van der Waals surface area contributed by atoms with Gasteiger partial charge < -0.3 is 4.74 Å². The standard InChI is InChI=1S/C10H12ClNO/c1-12-5-6-13-10(12)8-3-2-4-9(11)7-8/h2-4,7,10H,5-6H2,1H3/t10-/m1/s1. The Labute approximate surface area is 83.1 Å². The van der Waals surface area contributed by atoms with Gasteiger partial charge in [0.2, 0.25) is 0 Å². The van der Waals surface area contributed by atoms with E-state index in [0.29, 0.717) is 0 Å². The molecule has 0 amide bonds. The van der Waals surface area contributed by atoms with Gasteiger partial charge in [0.1, 0.15) is 6.23 Å². The highest BCUT2D eigenvalue weighted by atomic mass is 35.5. The van der Waals surface area contributed by atoms with Gasteiger partial charge in [0.05, 0.1) is 6.61 Å². The minimum absolute atomic E-state index is 0.0821. The topological polar surface area (TPSA) is 12.5 Å². The zero-order valence-corrected chi connectivity index (χ0v) is 8.29. The van der Waals surface area contributed by atoms with Crippen molar-refractivity contribution in [3.63, 3.8) is 0 Å². The maximum Gasteiger partial charge on any atom is 0.136 e. The molecule has 1 saturated heterocycles. The lowest BCUT2D eigenvalue weighted by Gasteiger charge is -2.18. The summed E-state index contributed by atoms with van der Waals surface area (Å²) in [7, 11) is 2.05. The predicted molar refractivity (Wildman–Crippen MR) is 52.8 cm³/mol. The van der Waals surface area contributed by atoms with Crippen molar-refractivity contribution in [2.75, 3.05) is 20.2 Å². The fourth-order valence-corrected chi connectivity index (χ4v) is 1.76. The van der Waals surface area contributed by atoms with Crippen molar-refractivity contribution in [1.29, 1.82) is 0 Å². The van der Waals surface area contributed by atoms with Crippen LogP contribution in [0.2, 0.25) is 5.02 Å². The molecule has 0 aromatic heterocycles. The lowest BCUT2D eigenvalue weighted by atomic mass is 10.2. The van der Waals surface area contributed by atoms with Crippen molar-refractivity contribution in [2.24, 2.45) is 0 Å². The van der Waals surface area contributed by atoms with Gasteiger partial charge in [-0.25, -0.2) is 0 Å². The van der Waals surface area contributed by atoms with E-state index in [4.69, 9.17) is 16.3 Å². The van der Waals surface area contributed by atoms with E-state index < -0.39 is 0 Å². The normalized spacial score (nSPS) is 23.7. The molecule has 3 heteroatoms. The van der Waals surface area contributed by atoms with Crippen molar-refractivity contribution in [3.8, 4) is 0 Å². The zero-order valence-electron chi connectivity index (χ0n) is 7.53. The fourth-order valence-electron chi connectivity index (χ4n) is 1.56. The monoisotopic (exact) mass is 197 g/mol. The van der Waals surface area contributed by atoms with Crippen LogP contribution in [0, 0.1) is 0 Å². The van der Waals surface area contributed by atoms with Crippen LogP contribution >= 0.6 is 11.6 Å². The largest absolute Gasteiger partial charge is 0.358 e. The summed E-state index contributed by atoms with van der Waals surface area (Å²) in [5.41, 5.74) is 1.13. The Morgan fingerprint density at radius 2 is 2.38 bits per heavy atom. The summed E-state index contributed by atoms with van der Waals surface area (Å²) in [6.07, 6.45) is 0.0821. The maximum absolute atomic E-state index is 5.90. The highest BCUT2D eigenvalue weighted by molar-refractivity contribution is 6.30. The third-order valence-electron chi connectivity index (χ3n) is 2.25. The molecule has 2 rings (SSSR count). The molecule has 2 nitrogen and oxygen atoms in total. The van der Waals surface area contributed by atoms with E-state index in [9.17, 15) is 0 Å². The average molecular weight is 198 g/mol. The number of ether oxygens (including phenoxy) is 1. The molecule has 0 spiro atoms. The second-order valence-corrected chi connectivity index (χ2v) is 3.70. The molecule has 0 N–H and O–H groups in total. The molecule has 0 aliphatic carbocycles. The minimum atomic E-state index is 0.0821. The summed E-state index contributed by atoms with van der Waals surface area (Å²) in [6, 6.07) is 7.82. The van der Waals surface area contributed by atoms with Gasteiger partial charge in [0.15, 0.2) is 0 Å². The molecule has 0 bridgehead atoms. The van der Waals surface area contributed by atoms with Gasteiger partial charge in [-0.15, -0.1) is 0 Å². The summed E-state index contributed by atoms with van der Waals surface area (Å²) in [5.74, 6) is 0. The summed E-state index contributed by atoms with van der Waals surface area (Å²) in [4.78, 5) is 2.17. The molecule has 1 aliphatic heterocycles. The van der Waals surface area contributed by atoms with Crippen molar-refractivity contribution in [3.05, 3.63) is 34.9 Å². The second kappa shape index (κ2) is 3.66. The summed E-state index contributed by atoms with van der Waals surface area (Å²) in [6.45, 7) is 1.78. The van der Waals surface area contributed by atoms with E-state index in [1.807, 2.05) is 24.3 Å². The predicted octanol–water partition coefficient (Wildman–Crippen LogP) is 2.30. The Balaban J connectivity index is 2.24.